The van der Waals surface area contributed by atoms with Crippen LogP contribution in [-0.4, -0.2) is 4.57 Å². The number of aromatic nitrogens is 2. The number of rotatable bonds is 12. The number of ether oxygens (including phenoxy) is 1. The molecular weight excluding hydrogens is 623 g/mol. The van der Waals surface area contributed by atoms with Crippen molar-refractivity contribution in [3.8, 4) is 0 Å². The fourth-order valence-corrected chi connectivity index (χ4v) is 7.01. The Morgan fingerprint density at radius 2 is 1.23 bits per heavy atom. The van der Waals surface area contributed by atoms with E-state index in [4.69, 9.17) is 27.9 Å². The topological polar surface area (TPSA) is 18.0 Å². The van der Waals surface area contributed by atoms with Gasteiger partial charge in [-0.15, -0.1) is 0 Å². The van der Waals surface area contributed by atoms with E-state index in [0.717, 1.165) is 17.7 Å². The highest BCUT2D eigenvalue weighted by Crippen LogP contribution is 2.32. The molecule has 6 rings (SSSR count). The van der Waals surface area contributed by atoms with Crippen molar-refractivity contribution in [2.24, 2.45) is 0 Å². The van der Waals surface area contributed by atoms with Crippen LogP contribution in [-0.2, 0) is 24.4 Å². The van der Waals surface area contributed by atoms with Crippen molar-refractivity contribution in [3.63, 3.8) is 0 Å². The molecule has 44 heavy (non-hydrogen) atoms. The van der Waals surface area contributed by atoms with Gasteiger partial charge in [0.2, 0.25) is 6.33 Å². The molecule has 0 N–H and O–H groups in total. The Bertz CT molecular complexity index is 1780. The van der Waals surface area contributed by atoms with E-state index in [9.17, 15) is 0 Å². The van der Waals surface area contributed by atoms with Gasteiger partial charge in [0, 0.05) is 35.2 Å². The van der Waals surface area contributed by atoms with Gasteiger partial charge in [-0.3, -0.25) is 0 Å². The van der Waals surface area contributed by atoms with E-state index in [2.05, 4.69) is 125 Å². The zero-order chi connectivity index (χ0) is 30.1. The summed E-state index contributed by atoms with van der Waals surface area (Å²) in [6.07, 6.45) is 6.03. The van der Waals surface area contributed by atoms with E-state index in [0.29, 0.717) is 23.2 Å². The summed E-state index contributed by atoms with van der Waals surface area (Å²) in [5.41, 5.74) is 3.26. The second-order valence-electron chi connectivity index (χ2n) is 10.4. The molecule has 5 aromatic carbocycles. The SMILES string of the molecule is Clc1ccc([C@H](Cn2cc[n+](Cc3ccc(Sc4ccccc4)cc3)c2)OCc2ccc(Sc3ccccc3)cc2)c(Cl)c1. The summed E-state index contributed by atoms with van der Waals surface area (Å²) in [5, 5.41) is 1.21. The van der Waals surface area contributed by atoms with Crippen LogP contribution < -0.4 is 4.57 Å². The summed E-state index contributed by atoms with van der Waals surface area (Å²) >= 11 is 16.4. The van der Waals surface area contributed by atoms with Crippen LogP contribution in [0.5, 0.6) is 0 Å². The molecule has 0 amide bonds. The van der Waals surface area contributed by atoms with Gasteiger partial charge < -0.3 is 4.74 Å². The normalized spacial score (nSPS) is 11.9. The van der Waals surface area contributed by atoms with E-state index < -0.39 is 0 Å². The molecule has 7 heteroatoms. The summed E-state index contributed by atoms with van der Waals surface area (Å²) in [6, 6.07) is 43.7. The van der Waals surface area contributed by atoms with Gasteiger partial charge in [0.15, 0.2) is 0 Å². The average Bonchev–Trinajstić information content (AvgIpc) is 3.49. The first-order valence-electron chi connectivity index (χ1n) is 14.3. The lowest BCUT2D eigenvalue weighted by Gasteiger charge is -2.18. The van der Waals surface area contributed by atoms with E-state index in [1.165, 1.54) is 25.1 Å². The summed E-state index contributed by atoms with van der Waals surface area (Å²) in [4.78, 5) is 4.88. The molecule has 0 unspecified atom stereocenters. The smallest absolute Gasteiger partial charge is 0.244 e. The van der Waals surface area contributed by atoms with E-state index in [1.54, 1.807) is 29.6 Å². The molecular formula is C37H31Cl2N2OS2+. The van der Waals surface area contributed by atoms with Crippen molar-refractivity contribution in [2.45, 2.75) is 45.4 Å². The Balaban J connectivity index is 1.11. The van der Waals surface area contributed by atoms with Crippen molar-refractivity contribution in [2.75, 3.05) is 0 Å². The molecule has 6 aromatic rings. The molecule has 1 aromatic heterocycles. The van der Waals surface area contributed by atoms with Gasteiger partial charge in [0.1, 0.15) is 31.6 Å². The zero-order valence-corrected chi connectivity index (χ0v) is 27.1. The van der Waals surface area contributed by atoms with Crippen molar-refractivity contribution in [1.29, 1.82) is 0 Å². The van der Waals surface area contributed by atoms with E-state index >= 15 is 0 Å². The maximum atomic E-state index is 6.66. The van der Waals surface area contributed by atoms with Crippen LogP contribution in [0.2, 0.25) is 10.0 Å². The minimum absolute atomic E-state index is 0.256. The minimum atomic E-state index is -0.256. The molecule has 0 spiro atoms. The molecule has 0 bridgehead atoms. The van der Waals surface area contributed by atoms with Gasteiger partial charge in [-0.25, -0.2) is 9.13 Å². The van der Waals surface area contributed by atoms with Crippen LogP contribution >= 0.6 is 46.7 Å². The van der Waals surface area contributed by atoms with E-state index in [1.807, 2.05) is 24.3 Å². The summed E-state index contributed by atoms with van der Waals surface area (Å²) in [7, 11) is 0. The van der Waals surface area contributed by atoms with Crippen LogP contribution in [0.1, 0.15) is 22.8 Å². The molecule has 1 heterocycles. The standard InChI is InChI=1S/C37H31Cl2N2OS2/c38-30-15-20-35(36(39)23-30)37(42-26-29-13-18-34(19-14-29)44-32-9-5-2-6-10-32)25-41-22-21-40(27-41)24-28-11-16-33(17-12-28)43-31-7-3-1-4-8-31/h1-23,27,37H,24-26H2/q+1/t37-/m0/s1. The Morgan fingerprint density at radius 3 is 1.82 bits per heavy atom. The van der Waals surface area contributed by atoms with Gasteiger partial charge in [0.05, 0.1) is 6.61 Å². The number of imidazole rings is 1. The molecule has 0 fully saturated rings. The maximum absolute atomic E-state index is 6.66. The van der Waals surface area contributed by atoms with Crippen LogP contribution in [0.4, 0.5) is 0 Å². The molecule has 3 nitrogen and oxygen atoms in total. The fraction of sp³-hybridized carbons (Fsp3) is 0.108. The van der Waals surface area contributed by atoms with Crippen molar-refractivity contribution in [1.82, 2.24) is 4.57 Å². The first-order chi connectivity index (χ1) is 21.6. The van der Waals surface area contributed by atoms with Crippen molar-refractivity contribution >= 4 is 46.7 Å². The fourth-order valence-electron chi connectivity index (χ4n) is 4.81. The molecule has 220 valence electrons. The molecule has 0 radical (unpaired) electrons. The third kappa shape index (κ3) is 8.59. The predicted molar refractivity (Wildman–Crippen MR) is 182 cm³/mol. The van der Waals surface area contributed by atoms with Gasteiger partial charge in [-0.2, -0.15) is 0 Å². The number of hydrogen-bond donors (Lipinski definition) is 0. The molecule has 0 aliphatic rings. The van der Waals surface area contributed by atoms with Crippen LogP contribution in [0.25, 0.3) is 0 Å². The highest BCUT2D eigenvalue weighted by Gasteiger charge is 2.20. The van der Waals surface area contributed by atoms with Crippen molar-refractivity contribution in [3.05, 3.63) is 173 Å². The van der Waals surface area contributed by atoms with Crippen LogP contribution in [0, 0.1) is 0 Å². The van der Waals surface area contributed by atoms with Gasteiger partial charge in [-0.1, -0.05) is 113 Å². The second kappa shape index (κ2) is 15.0. The lowest BCUT2D eigenvalue weighted by Crippen LogP contribution is -2.31. The molecule has 1 atom stereocenters. The first kappa shape index (κ1) is 30.6. The molecule has 0 saturated carbocycles. The monoisotopic (exact) mass is 653 g/mol. The van der Waals surface area contributed by atoms with Gasteiger partial charge in [-0.05, 0) is 71.8 Å². The lowest BCUT2D eigenvalue weighted by atomic mass is 10.1. The summed E-state index contributed by atoms with van der Waals surface area (Å²) in [6.45, 7) is 1.86. The molecule has 0 aliphatic heterocycles. The molecule has 0 saturated heterocycles. The largest absolute Gasteiger partial charge is 0.365 e. The Hall–Kier alpha value is -3.45. The number of halogens is 2. The average molecular weight is 655 g/mol. The summed E-state index contributed by atoms with van der Waals surface area (Å²) in [5.74, 6) is 0. The van der Waals surface area contributed by atoms with Crippen LogP contribution in [0.3, 0.4) is 0 Å². The Morgan fingerprint density at radius 1 is 0.659 bits per heavy atom. The maximum Gasteiger partial charge on any atom is 0.244 e. The Labute approximate surface area is 277 Å². The van der Waals surface area contributed by atoms with Gasteiger partial charge >= 0.3 is 0 Å². The number of benzene rings is 5. The lowest BCUT2D eigenvalue weighted by molar-refractivity contribution is -0.687. The highest BCUT2D eigenvalue weighted by molar-refractivity contribution is 7.99. The number of hydrogen-bond acceptors (Lipinski definition) is 3. The minimum Gasteiger partial charge on any atom is -0.365 e. The zero-order valence-electron chi connectivity index (χ0n) is 23.9. The molecule has 0 aliphatic carbocycles. The third-order valence-corrected chi connectivity index (χ3v) is 9.65. The van der Waals surface area contributed by atoms with Gasteiger partial charge in [0.25, 0.3) is 0 Å². The quantitative estimate of drug-likeness (QED) is 0.122. The number of nitrogens with zero attached hydrogens (tertiary/aromatic N) is 2. The summed E-state index contributed by atoms with van der Waals surface area (Å²) < 4.78 is 10.9. The third-order valence-electron chi connectivity index (χ3n) is 7.05. The highest BCUT2D eigenvalue weighted by atomic mass is 35.5. The first-order valence-corrected chi connectivity index (χ1v) is 16.7. The van der Waals surface area contributed by atoms with Crippen LogP contribution in [0.15, 0.2) is 166 Å². The Kier molecular flexibility index (Phi) is 10.4. The predicted octanol–water partition coefficient (Wildman–Crippen LogP) is 10.4. The second-order valence-corrected chi connectivity index (χ2v) is 13.5. The van der Waals surface area contributed by atoms with E-state index in [-0.39, 0.29) is 6.10 Å². The van der Waals surface area contributed by atoms with Crippen molar-refractivity contribution < 1.29 is 9.30 Å².